The molecule has 5 rings (SSSR count). The van der Waals surface area contributed by atoms with Gasteiger partial charge in [-0.15, -0.1) is 0 Å². The molecule has 4 aromatic rings. The highest BCUT2D eigenvalue weighted by Gasteiger charge is 2.11. The van der Waals surface area contributed by atoms with E-state index in [4.69, 9.17) is 0 Å². The van der Waals surface area contributed by atoms with Gasteiger partial charge in [0.1, 0.15) is 6.07 Å². The molecule has 0 aliphatic carbocycles. The number of likely N-dealkylation sites (tertiary alicyclic amines) is 1. The number of hydrogen-bond donors (Lipinski definition) is 3. The summed E-state index contributed by atoms with van der Waals surface area (Å²) in [4.78, 5) is 27.4. The summed E-state index contributed by atoms with van der Waals surface area (Å²) in [6, 6.07) is 17.6. The molecule has 0 bridgehead atoms. The van der Waals surface area contributed by atoms with E-state index >= 15 is 0 Å². The summed E-state index contributed by atoms with van der Waals surface area (Å²) < 4.78 is 0. The predicted molar refractivity (Wildman–Crippen MR) is 159 cm³/mol. The van der Waals surface area contributed by atoms with Gasteiger partial charge in [-0.1, -0.05) is 31.0 Å². The molecule has 0 unspecified atom stereocenters. The van der Waals surface area contributed by atoms with Crippen LogP contribution in [0.3, 0.4) is 0 Å². The fraction of sp³-hybridized carbons (Fsp3) is 0.375. The standard InChI is InChI=1S/C32H37N7O/c33-22-27-23-37-30-12-7-24(21-28(27)30)13-16-34-31(40)26-10-8-25(9-11-26)29-14-17-36-32(38-29)35-15-3-1-2-4-18-39-19-5-6-20-39/h7-12,14,17,21,23,37H,1-6,13,15-16,18-20H2,(H,34,40)(H,35,36,38). The summed E-state index contributed by atoms with van der Waals surface area (Å²) >= 11 is 0. The SMILES string of the molecule is N#Cc1c[nH]c2ccc(CCNC(=O)c3ccc(-c4ccnc(NCCCCCCN5CCCC5)n4)cc3)cc12. The Balaban J connectivity index is 1.05. The highest BCUT2D eigenvalue weighted by Crippen LogP contribution is 2.20. The third-order valence-electron chi connectivity index (χ3n) is 7.55. The number of aromatic nitrogens is 3. The molecule has 0 radical (unpaired) electrons. The number of H-pyrrole nitrogens is 1. The van der Waals surface area contributed by atoms with Crippen LogP contribution in [0.5, 0.6) is 0 Å². The first-order valence-electron chi connectivity index (χ1n) is 14.4. The second kappa shape index (κ2) is 13.7. The molecule has 0 saturated carbocycles. The number of unbranched alkanes of at least 4 members (excludes halogenated alkanes) is 3. The minimum Gasteiger partial charge on any atom is -0.360 e. The zero-order valence-corrected chi connectivity index (χ0v) is 23.0. The topological polar surface area (TPSA) is 110 Å². The molecule has 0 spiro atoms. The van der Waals surface area contributed by atoms with E-state index in [1.165, 1.54) is 51.7 Å². The van der Waals surface area contributed by atoms with Crippen molar-refractivity contribution in [3.63, 3.8) is 0 Å². The average molecular weight is 536 g/mol. The maximum atomic E-state index is 12.7. The smallest absolute Gasteiger partial charge is 0.251 e. The monoisotopic (exact) mass is 535 g/mol. The number of anilines is 1. The van der Waals surface area contributed by atoms with Gasteiger partial charge in [0, 0.05) is 47.5 Å². The van der Waals surface area contributed by atoms with E-state index in [1.54, 1.807) is 12.4 Å². The summed E-state index contributed by atoms with van der Waals surface area (Å²) in [7, 11) is 0. The second-order valence-electron chi connectivity index (χ2n) is 10.4. The molecule has 3 N–H and O–H groups in total. The van der Waals surface area contributed by atoms with Gasteiger partial charge in [-0.25, -0.2) is 9.97 Å². The Morgan fingerprint density at radius 1 is 1.00 bits per heavy atom. The molecule has 2 aromatic carbocycles. The highest BCUT2D eigenvalue weighted by atomic mass is 16.1. The molecule has 0 atom stereocenters. The summed E-state index contributed by atoms with van der Waals surface area (Å²) in [5.74, 6) is 0.522. The minimum absolute atomic E-state index is 0.113. The van der Waals surface area contributed by atoms with E-state index in [9.17, 15) is 10.1 Å². The Morgan fingerprint density at radius 2 is 1.82 bits per heavy atom. The number of amides is 1. The van der Waals surface area contributed by atoms with Crippen molar-refractivity contribution >= 4 is 22.8 Å². The molecule has 1 fully saturated rings. The largest absolute Gasteiger partial charge is 0.360 e. The van der Waals surface area contributed by atoms with Gasteiger partial charge in [-0.05, 0) is 87.6 Å². The maximum Gasteiger partial charge on any atom is 0.251 e. The van der Waals surface area contributed by atoms with Crippen LogP contribution in [-0.2, 0) is 6.42 Å². The number of carbonyl (C=O) groups is 1. The third kappa shape index (κ3) is 7.25. The van der Waals surface area contributed by atoms with Crippen molar-refractivity contribution in [2.24, 2.45) is 0 Å². The second-order valence-corrected chi connectivity index (χ2v) is 10.4. The van der Waals surface area contributed by atoms with E-state index in [0.29, 0.717) is 30.0 Å². The minimum atomic E-state index is -0.113. The summed E-state index contributed by atoms with van der Waals surface area (Å²) in [5, 5.41) is 16.5. The van der Waals surface area contributed by atoms with E-state index < -0.39 is 0 Å². The quantitative estimate of drug-likeness (QED) is 0.194. The lowest BCUT2D eigenvalue weighted by Gasteiger charge is -2.13. The van der Waals surface area contributed by atoms with Crippen LogP contribution in [0, 0.1) is 11.3 Å². The first-order chi connectivity index (χ1) is 19.7. The molecule has 8 nitrogen and oxygen atoms in total. The van der Waals surface area contributed by atoms with Crippen LogP contribution < -0.4 is 10.6 Å². The summed E-state index contributed by atoms with van der Waals surface area (Å²) in [6.07, 6.45) is 11.8. The van der Waals surface area contributed by atoms with E-state index in [1.807, 2.05) is 48.5 Å². The van der Waals surface area contributed by atoms with Gasteiger partial charge in [-0.2, -0.15) is 5.26 Å². The third-order valence-corrected chi connectivity index (χ3v) is 7.55. The van der Waals surface area contributed by atoms with Gasteiger partial charge in [-0.3, -0.25) is 4.79 Å². The van der Waals surface area contributed by atoms with Crippen LogP contribution in [0.15, 0.2) is 60.9 Å². The van der Waals surface area contributed by atoms with Crippen molar-refractivity contribution in [3.8, 4) is 17.3 Å². The molecule has 1 aliphatic rings. The maximum absolute atomic E-state index is 12.7. The molecule has 3 heterocycles. The number of benzene rings is 2. The lowest BCUT2D eigenvalue weighted by atomic mass is 10.1. The highest BCUT2D eigenvalue weighted by molar-refractivity contribution is 5.94. The van der Waals surface area contributed by atoms with Gasteiger partial charge >= 0.3 is 0 Å². The number of fused-ring (bicyclic) bond motifs is 1. The number of aromatic amines is 1. The van der Waals surface area contributed by atoms with Crippen molar-refractivity contribution in [2.75, 3.05) is 38.0 Å². The number of nitrogens with zero attached hydrogens (tertiary/aromatic N) is 4. The molecule has 1 amide bonds. The predicted octanol–water partition coefficient (Wildman–Crippen LogP) is 5.54. The number of carbonyl (C=O) groups excluding carboxylic acids is 1. The Labute approximate surface area is 235 Å². The van der Waals surface area contributed by atoms with Crippen LogP contribution in [0.1, 0.15) is 60.0 Å². The molecule has 1 aliphatic heterocycles. The Bertz CT molecular complexity index is 1450. The molecule has 206 valence electrons. The van der Waals surface area contributed by atoms with Crippen LogP contribution in [0.4, 0.5) is 5.95 Å². The van der Waals surface area contributed by atoms with Crippen molar-refractivity contribution in [1.82, 2.24) is 25.2 Å². The molecule has 2 aromatic heterocycles. The average Bonchev–Trinajstić information content (AvgIpc) is 3.66. The van der Waals surface area contributed by atoms with Gasteiger partial charge in [0.15, 0.2) is 0 Å². The van der Waals surface area contributed by atoms with Crippen molar-refractivity contribution < 1.29 is 4.79 Å². The Morgan fingerprint density at radius 3 is 2.65 bits per heavy atom. The van der Waals surface area contributed by atoms with Gasteiger partial charge < -0.3 is 20.5 Å². The van der Waals surface area contributed by atoms with Crippen LogP contribution in [0.25, 0.3) is 22.2 Å². The van der Waals surface area contributed by atoms with E-state index in [0.717, 1.165) is 40.7 Å². The van der Waals surface area contributed by atoms with Crippen molar-refractivity contribution in [2.45, 2.75) is 44.9 Å². The van der Waals surface area contributed by atoms with Crippen LogP contribution in [-0.4, -0.2) is 58.5 Å². The van der Waals surface area contributed by atoms with Gasteiger partial charge in [0.05, 0.1) is 11.3 Å². The zero-order chi connectivity index (χ0) is 27.6. The molecule has 8 heteroatoms. The number of hydrogen-bond acceptors (Lipinski definition) is 6. The van der Waals surface area contributed by atoms with Crippen LogP contribution in [0.2, 0.25) is 0 Å². The fourth-order valence-electron chi connectivity index (χ4n) is 5.26. The number of nitriles is 1. The van der Waals surface area contributed by atoms with E-state index in [-0.39, 0.29) is 5.91 Å². The summed E-state index contributed by atoms with van der Waals surface area (Å²) in [6.45, 7) is 5.19. The lowest BCUT2D eigenvalue weighted by Crippen LogP contribution is -2.25. The van der Waals surface area contributed by atoms with Gasteiger partial charge in [0.2, 0.25) is 5.95 Å². The van der Waals surface area contributed by atoms with Crippen LogP contribution >= 0.6 is 0 Å². The van der Waals surface area contributed by atoms with Gasteiger partial charge in [0.25, 0.3) is 5.91 Å². The number of rotatable bonds is 13. The summed E-state index contributed by atoms with van der Waals surface area (Å²) in [5.41, 5.74) is 5.02. The van der Waals surface area contributed by atoms with Crippen molar-refractivity contribution in [3.05, 3.63) is 77.6 Å². The zero-order valence-electron chi connectivity index (χ0n) is 23.0. The molecular formula is C32H37N7O. The lowest BCUT2D eigenvalue weighted by molar-refractivity contribution is 0.0954. The fourth-order valence-corrected chi connectivity index (χ4v) is 5.26. The first kappa shape index (κ1) is 27.4. The first-order valence-corrected chi connectivity index (χ1v) is 14.4. The molecule has 40 heavy (non-hydrogen) atoms. The van der Waals surface area contributed by atoms with E-state index in [2.05, 4.69) is 36.6 Å². The van der Waals surface area contributed by atoms with Crippen molar-refractivity contribution in [1.29, 1.82) is 5.26 Å². The molecule has 1 saturated heterocycles. The normalized spacial score (nSPS) is 13.4. The molecular weight excluding hydrogens is 498 g/mol. The Hall–Kier alpha value is -4.22. The Kier molecular flexibility index (Phi) is 9.38. The number of nitrogens with one attached hydrogen (secondary N) is 3.